The Hall–Kier alpha value is -0.810. The number of halogens is 2. The van der Waals surface area contributed by atoms with Crippen LogP contribution in [0.5, 0.6) is 0 Å². The molecule has 0 bridgehead atoms. The van der Waals surface area contributed by atoms with Crippen molar-refractivity contribution in [1.29, 1.82) is 0 Å². The van der Waals surface area contributed by atoms with Crippen LogP contribution in [-0.4, -0.2) is 42.6 Å². The molecule has 1 aliphatic carbocycles. The smallest absolute Gasteiger partial charge is 0.225 e. The minimum atomic E-state index is 0. The summed E-state index contributed by atoms with van der Waals surface area (Å²) in [6.45, 7) is 3.01. The van der Waals surface area contributed by atoms with Crippen LogP contribution in [-0.2, 0) is 16.1 Å². The lowest BCUT2D eigenvalue weighted by Crippen LogP contribution is -2.42. The SMILES string of the molecule is Cl.O=C(CC1CNCCO1)N(Cc1ccc(Cl)cc1)C1CC1. The largest absolute Gasteiger partial charge is 0.375 e. The van der Waals surface area contributed by atoms with Gasteiger partial charge in [0.15, 0.2) is 0 Å². The maximum atomic E-state index is 12.6. The van der Waals surface area contributed by atoms with E-state index >= 15 is 0 Å². The molecule has 1 unspecified atom stereocenters. The van der Waals surface area contributed by atoms with Crippen molar-refractivity contribution in [2.75, 3.05) is 19.7 Å². The van der Waals surface area contributed by atoms with Crippen molar-refractivity contribution in [3.8, 4) is 0 Å². The molecule has 1 N–H and O–H groups in total. The summed E-state index contributed by atoms with van der Waals surface area (Å²) >= 11 is 5.91. The second-order valence-electron chi connectivity index (χ2n) is 5.78. The summed E-state index contributed by atoms with van der Waals surface area (Å²) in [6.07, 6.45) is 2.71. The number of ether oxygens (including phenoxy) is 1. The van der Waals surface area contributed by atoms with E-state index in [4.69, 9.17) is 16.3 Å². The molecule has 1 aromatic carbocycles. The third-order valence-corrected chi connectivity index (χ3v) is 4.23. The molecular formula is C16H22Cl2N2O2. The van der Waals surface area contributed by atoms with Gasteiger partial charge in [0.2, 0.25) is 5.91 Å². The first kappa shape index (κ1) is 17.5. The fraction of sp³-hybridized carbons (Fsp3) is 0.562. The van der Waals surface area contributed by atoms with Crippen molar-refractivity contribution in [3.63, 3.8) is 0 Å². The highest BCUT2D eigenvalue weighted by molar-refractivity contribution is 6.30. The van der Waals surface area contributed by atoms with Crippen molar-refractivity contribution in [2.45, 2.75) is 38.0 Å². The Labute approximate surface area is 142 Å². The molecule has 1 aliphatic heterocycles. The molecule has 1 saturated heterocycles. The first-order chi connectivity index (χ1) is 10.2. The predicted molar refractivity (Wildman–Crippen MR) is 89.5 cm³/mol. The molecule has 2 aliphatic rings. The van der Waals surface area contributed by atoms with Gasteiger partial charge in [0.05, 0.1) is 19.1 Å². The summed E-state index contributed by atoms with van der Waals surface area (Å²) in [7, 11) is 0. The van der Waals surface area contributed by atoms with Gasteiger partial charge in [-0.15, -0.1) is 12.4 Å². The zero-order valence-electron chi connectivity index (χ0n) is 12.5. The maximum Gasteiger partial charge on any atom is 0.225 e. The van der Waals surface area contributed by atoms with Crippen LogP contribution in [0.15, 0.2) is 24.3 Å². The van der Waals surface area contributed by atoms with Gasteiger partial charge in [-0.2, -0.15) is 0 Å². The number of carbonyl (C=O) groups excluding carboxylic acids is 1. The summed E-state index contributed by atoms with van der Waals surface area (Å²) in [5, 5.41) is 4.00. The van der Waals surface area contributed by atoms with Gasteiger partial charge in [0.1, 0.15) is 0 Å². The first-order valence-electron chi connectivity index (χ1n) is 7.58. The van der Waals surface area contributed by atoms with Gasteiger partial charge < -0.3 is 15.0 Å². The van der Waals surface area contributed by atoms with Crippen molar-refractivity contribution < 1.29 is 9.53 Å². The summed E-state index contributed by atoms with van der Waals surface area (Å²) in [5.41, 5.74) is 1.13. The molecule has 122 valence electrons. The molecule has 2 fully saturated rings. The molecule has 3 rings (SSSR count). The molecule has 0 spiro atoms. The number of morpholine rings is 1. The quantitative estimate of drug-likeness (QED) is 0.892. The van der Waals surface area contributed by atoms with Crippen LogP contribution >= 0.6 is 24.0 Å². The van der Waals surface area contributed by atoms with E-state index in [9.17, 15) is 4.79 Å². The fourth-order valence-electron chi connectivity index (χ4n) is 2.66. The van der Waals surface area contributed by atoms with E-state index in [1.54, 1.807) is 0 Å². The van der Waals surface area contributed by atoms with Gasteiger partial charge in [0.25, 0.3) is 0 Å². The van der Waals surface area contributed by atoms with Crippen LogP contribution < -0.4 is 5.32 Å². The number of hydrogen-bond donors (Lipinski definition) is 1. The summed E-state index contributed by atoms with van der Waals surface area (Å²) in [6, 6.07) is 8.14. The highest BCUT2D eigenvalue weighted by Gasteiger charge is 2.33. The lowest BCUT2D eigenvalue weighted by atomic mass is 10.1. The lowest BCUT2D eigenvalue weighted by Gasteiger charge is -2.27. The molecule has 1 saturated carbocycles. The van der Waals surface area contributed by atoms with Gasteiger partial charge in [-0.1, -0.05) is 23.7 Å². The fourth-order valence-corrected chi connectivity index (χ4v) is 2.78. The van der Waals surface area contributed by atoms with Crippen LogP contribution in [0.2, 0.25) is 5.02 Å². The maximum absolute atomic E-state index is 12.6. The van der Waals surface area contributed by atoms with Crippen LogP contribution in [0.4, 0.5) is 0 Å². The molecule has 4 nitrogen and oxygen atoms in total. The predicted octanol–water partition coefficient (Wildman–Crippen LogP) is 2.63. The number of rotatable bonds is 5. The topological polar surface area (TPSA) is 41.6 Å². The second-order valence-corrected chi connectivity index (χ2v) is 6.22. The summed E-state index contributed by atoms with van der Waals surface area (Å²) in [4.78, 5) is 14.6. The molecule has 0 radical (unpaired) electrons. The first-order valence-corrected chi connectivity index (χ1v) is 7.96. The number of nitrogens with one attached hydrogen (secondary N) is 1. The van der Waals surface area contributed by atoms with E-state index in [1.807, 2.05) is 29.2 Å². The van der Waals surface area contributed by atoms with Crippen molar-refractivity contribution in [1.82, 2.24) is 10.2 Å². The molecule has 1 atom stereocenters. The number of nitrogens with zero attached hydrogens (tertiary/aromatic N) is 1. The normalized spacial score (nSPS) is 21.0. The molecule has 0 aromatic heterocycles. The molecule has 6 heteroatoms. The van der Waals surface area contributed by atoms with E-state index in [0.717, 1.165) is 36.5 Å². The van der Waals surface area contributed by atoms with E-state index < -0.39 is 0 Å². The number of amides is 1. The van der Waals surface area contributed by atoms with E-state index in [1.165, 1.54) is 0 Å². The monoisotopic (exact) mass is 344 g/mol. The van der Waals surface area contributed by atoms with Gasteiger partial charge >= 0.3 is 0 Å². The van der Waals surface area contributed by atoms with Crippen LogP contribution in [0.1, 0.15) is 24.8 Å². The average molecular weight is 345 g/mol. The Morgan fingerprint density at radius 1 is 1.32 bits per heavy atom. The van der Waals surface area contributed by atoms with Gasteiger partial charge in [-0.05, 0) is 30.5 Å². The Morgan fingerprint density at radius 2 is 2.05 bits per heavy atom. The van der Waals surface area contributed by atoms with Crippen molar-refractivity contribution in [2.24, 2.45) is 0 Å². The zero-order chi connectivity index (χ0) is 14.7. The molecule has 1 aromatic rings. The van der Waals surface area contributed by atoms with E-state index in [0.29, 0.717) is 25.6 Å². The van der Waals surface area contributed by atoms with E-state index in [-0.39, 0.29) is 24.4 Å². The highest BCUT2D eigenvalue weighted by atomic mass is 35.5. The van der Waals surface area contributed by atoms with Crippen LogP contribution in [0.25, 0.3) is 0 Å². The standard InChI is InChI=1S/C16H21ClN2O2.ClH/c17-13-3-1-12(2-4-13)11-19(14-5-6-14)16(20)9-15-10-18-7-8-21-15;/h1-4,14-15,18H,5-11H2;1H. The minimum Gasteiger partial charge on any atom is -0.375 e. The van der Waals surface area contributed by atoms with Crippen LogP contribution in [0.3, 0.4) is 0 Å². The highest BCUT2D eigenvalue weighted by Crippen LogP contribution is 2.29. The third kappa shape index (κ3) is 4.85. The molecular weight excluding hydrogens is 323 g/mol. The number of hydrogen-bond acceptors (Lipinski definition) is 3. The van der Waals surface area contributed by atoms with E-state index in [2.05, 4.69) is 5.32 Å². The Morgan fingerprint density at radius 3 is 2.64 bits per heavy atom. The Balaban J connectivity index is 0.00000176. The molecule has 1 amide bonds. The zero-order valence-corrected chi connectivity index (χ0v) is 14.0. The number of carbonyl (C=O) groups is 1. The Bertz CT molecular complexity index is 485. The number of benzene rings is 1. The Kier molecular flexibility index (Phi) is 6.50. The minimum absolute atomic E-state index is 0. The van der Waals surface area contributed by atoms with Gasteiger partial charge in [-0.25, -0.2) is 0 Å². The molecule has 1 heterocycles. The lowest BCUT2D eigenvalue weighted by molar-refractivity contribution is -0.136. The second kappa shape index (κ2) is 8.16. The molecule has 22 heavy (non-hydrogen) atoms. The van der Waals surface area contributed by atoms with Gasteiger partial charge in [-0.3, -0.25) is 4.79 Å². The van der Waals surface area contributed by atoms with Crippen LogP contribution in [0, 0.1) is 0 Å². The van der Waals surface area contributed by atoms with Crippen molar-refractivity contribution in [3.05, 3.63) is 34.9 Å². The summed E-state index contributed by atoms with van der Waals surface area (Å²) in [5.74, 6) is 0.196. The summed E-state index contributed by atoms with van der Waals surface area (Å²) < 4.78 is 5.64. The van der Waals surface area contributed by atoms with Crippen molar-refractivity contribution >= 4 is 29.9 Å². The third-order valence-electron chi connectivity index (χ3n) is 3.98. The average Bonchev–Trinajstić information content (AvgIpc) is 3.32. The van der Waals surface area contributed by atoms with Gasteiger partial charge in [0, 0.05) is 30.7 Å².